The molecule has 0 radical (unpaired) electrons. The van der Waals surface area contributed by atoms with Gasteiger partial charge < -0.3 is 10.7 Å². The maximum absolute atomic E-state index is 13.5. The van der Waals surface area contributed by atoms with Crippen LogP contribution in [0.1, 0.15) is 38.4 Å². The SMILES string of the molecule is CC1CCCC(N)(c2nc3cc(Br)c(F)cc3[nH]2)C1. The summed E-state index contributed by atoms with van der Waals surface area (Å²) in [6.45, 7) is 2.22. The molecule has 3 nitrogen and oxygen atoms in total. The Balaban J connectivity index is 2.05. The Morgan fingerprint density at radius 2 is 2.32 bits per heavy atom. The standard InChI is InChI=1S/C14H17BrFN3/c1-8-3-2-4-14(17,7-8)13-18-11-5-9(15)10(16)6-12(11)19-13/h5-6,8H,2-4,7,17H2,1H3,(H,18,19). The molecule has 3 N–H and O–H groups in total. The van der Waals surface area contributed by atoms with Crippen molar-refractivity contribution in [1.82, 2.24) is 9.97 Å². The number of nitrogens with two attached hydrogens (primary N) is 1. The highest BCUT2D eigenvalue weighted by Gasteiger charge is 2.35. The van der Waals surface area contributed by atoms with E-state index in [4.69, 9.17) is 5.73 Å². The zero-order chi connectivity index (χ0) is 13.6. The highest BCUT2D eigenvalue weighted by molar-refractivity contribution is 9.10. The molecule has 2 aromatic rings. The van der Waals surface area contributed by atoms with E-state index in [-0.39, 0.29) is 5.82 Å². The lowest BCUT2D eigenvalue weighted by atomic mass is 9.76. The maximum atomic E-state index is 13.5. The smallest absolute Gasteiger partial charge is 0.139 e. The molecule has 0 aliphatic heterocycles. The van der Waals surface area contributed by atoms with Gasteiger partial charge in [0.05, 0.1) is 21.0 Å². The van der Waals surface area contributed by atoms with Crippen LogP contribution in [0, 0.1) is 11.7 Å². The van der Waals surface area contributed by atoms with E-state index in [9.17, 15) is 4.39 Å². The van der Waals surface area contributed by atoms with E-state index < -0.39 is 5.54 Å². The van der Waals surface area contributed by atoms with Crippen molar-refractivity contribution in [3.8, 4) is 0 Å². The van der Waals surface area contributed by atoms with E-state index in [1.807, 2.05) is 0 Å². The molecule has 1 aliphatic carbocycles. The first-order valence-electron chi connectivity index (χ1n) is 6.62. The summed E-state index contributed by atoms with van der Waals surface area (Å²) in [6.07, 6.45) is 4.20. The van der Waals surface area contributed by atoms with Crippen LogP contribution in [0.5, 0.6) is 0 Å². The van der Waals surface area contributed by atoms with E-state index in [1.165, 1.54) is 12.5 Å². The zero-order valence-corrected chi connectivity index (χ0v) is 12.4. The van der Waals surface area contributed by atoms with Crippen molar-refractivity contribution in [2.75, 3.05) is 0 Å². The van der Waals surface area contributed by atoms with Crippen LogP contribution >= 0.6 is 15.9 Å². The van der Waals surface area contributed by atoms with Crippen molar-refractivity contribution in [2.45, 2.75) is 38.1 Å². The van der Waals surface area contributed by atoms with Crippen LogP contribution in [0.25, 0.3) is 11.0 Å². The van der Waals surface area contributed by atoms with Gasteiger partial charge in [-0.1, -0.05) is 19.8 Å². The number of nitrogens with one attached hydrogen (secondary N) is 1. The molecule has 3 rings (SSSR count). The van der Waals surface area contributed by atoms with Crippen molar-refractivity contribution in [1.29, 1.82) is 0 Å². The molecule has 0 saturated heterocycles. The minimum atomic E-state index is -0.403. The number of aromatic amines is 1. The summed E-state index contributed by atoms with van der Waals surface area (Å²) in [4.78, 5) is 7.76. The minimum absolute atomic E-state index is 0.286. The number of rotatable bonds is 1. The fraction of sp³-hybridized carbons (Fsp3) is 0.500. The van der Waals surface area contributed by atoms with E-state index >= 15 is 0 Å². The predicted molar refractivity (Wildman–Crippen MR) is 77.2 cm³/mol. The number of halogens is 2. The molecule has 102 valence electrons. The number of imidazole rings is 1. The summed E-state index contributed by atoms with van der Waals surface area (Å²) in [6, 6.07) is 3.16. The third kappa shape index (κ3) is 2.30. The summed E-state index contributed by atoms with van der Waals surface area (Å²) in [7, 11) is 0. The Labute approximate surface area is 119 Å². The normalized spacial score (nSPS) is 27.9. The minimum Gasteiger partial charge on any atom is -0.340 e. The quantitative estimate of drug-likeness (QED) is 0.837. The van der Waals surface area contributed by atoms with Crippen molar-refractivity contribution in [2.24, 2.45) is 11.7 Å². The summed E-state index contributed by atoms with van der Waals surface area (Å²) in [5.41, 5.74) is 7.57. The van der Waals surface area contributed by atoms with Gasteiger partial charge in [-0.15, -0.1) is 0 Å². The van der Waals surface area contributed by atoms with Gasteiger partial charge in [0.15, 0.2) is 0 Å². The van der Waals surface area contributed by atoms with Crippen LogP contribution in [-0.4, -0.2) is 9.97 Å². The largest absolute Gasteiger partial charge is 0.340 e. The van der Waals surface area contributed by atoms with Crippen molar-refractivity contribution in [3.63, 3.8) is 0 Å². The second-order valence-corrected chi connectivity index (χ2v) is 6.58. The van der Waals surface area contributed by atoms with Crippen LogP contribution in [0.2, 0.25) is 0 Å². The first-order chi connectivity index (χ1) is 8.98. The topological polar surface area (TPSA) is 54.7 Å². The number of nitrogens with zero attached hydrogens (tertiary/aromatic N) is 1. The fourth-order valence-electron chi connectivity index (χ4n) is 3.05. The van der Waals surface area contributed by atoms with Gasteiger partial charge in [-0.25, -0.2) is 9.37 Å². The fourth-order valence-corrected chi connectivity index (χ4v) is 3.38. The average Bonchev–Trinajstić information content (AvgIpc) is 2.73. The number of hydrogen-bond donors (Lipinski definition) is 2. The number of aromatic nitrogens is 2. The van der Waals surface area contributed by atoms with E-state index in [2.05, 4.69) is 32.8 Å². The molecule has 0 amide bonds. The number of fused-ring (bicyclic) bond motifs is 1. The van der Waals surface area contributed by atoms with Gasteiger partial charge >= 0.3 is 0 Å². The summed E-state index contributed by atoms with van der Waals surface area (Å²) < 4.78 is 14.0. The van der Waals surface area contributed by atoms with Crippen LogP contribution < -0.4 is 5.73 Å². The third-order valence-corrected chi connectivity index (χ3v) is 4.64. The summed E-state index contributed by atoms with van der Waals surface area (Å²) in [5.74, 6) is 1.10. The molecule has 0 spiro atoms. The highest BCUT2D eigenvalue weighted by atomic mass is 79.9. The number of H-pyrrole nitrogens is 1. The molecule has 5 heteroatoms. The lowest BCUT2D eigenvalue weighted by Gasteiger charge is -2.35. The average molecular weight is 326 g/mol. The Kier molecular flexibility index (Phi) is 3.14. The molecule has 1 fully saturated rings. The Hall–Kier alpha value is -0.940. The third-order valence-electron chi connectivity index (χ3n) is 4.03. The monoisotopic (exact) mass is 325 g/mol. The molecule has 1 saturated carbocycles. The first kappa shape index (κ1) is 13.1. The van der Waals surface area contributed by atoms with Crippen molar-refractivity contribution in [3.05, 3.63) is 28.2 Å². The van der Waals surface area contributed by atoms with Gasteiger partial charge in [-0.2, -0.15) is 0 Å². The lowest BCUT2D eigenvalue weighted by molar-refractivity contribution is 0.230. The van der Waals surface area contributed by atoms with Gasteiger partial charge in [0.1, 0.15) is 11.6 Å². The molecule has 2 unspecified atom stereocenters. The van der Waals surface area contributed by atoms with Gasteiger partial charge in [-0.3, -0.25) is 0 Å². The van der Waals surface area contributed by atoms with Crippen LogP contribution in [-0.2, 0) is 5.54 Å². The predicted octanol–water partition coefficient (Wildman–Crippen LogP) is 3.83. The Bertz CT molecular complexity index is 585. The second-order valence-electron chi connectivity index (χ2n) is 5.73. The first-order valence-corrected chi connectivity index (χ1v) is 7.41. The molecule has 1 aliphatic rings. The molecule has 2 atom stereocenters. The highest BCUT2D eigenvalue weighted by Crippen LogP contribution is 2.37. The summed E-state index contributed by atoms with van der Waals surface area (Å²) >= 11 is 3.18. The van der Waals surface area contributed by atoms with Gasteiger partial charge in [0, 0.05) is 6.07 Å². The molecule has 19 heavy (non-hydrogen) atoms. The van der Waals surface area contributed by atoms with Crippen LogP contribution in [0.3, 0.4) is 0 Å². The van der Waals surface area contributed by atoms with E-state index in [0.717, 1.165) is 30.6 Å². The Morgan fingerprint density at radius 3 is 3.05 bits per heavy atom. The van der Waals surface area contributed by atoms with Crippen LogP contribution in [0.4, 0.5) is 4.39 Å². The van der Waals surface area contributed by atoms with Gasteiger partial charge in [0.25, 0.3) is 0 Å². The maximum Gasteiger partial charge on any atom is 0.139 e. The van der Waals surface area contributed by atoms with E-state index in [0.29, 0.717) is 15.9 Å². The molecule has 1 heterocycles. The number of hydrogen-bond acceptors (Lipinski definition) is 2. The van der Waals surface area contributed by atoms with Crippen molar-refractivity contribution < 1.29 is 4.39 Å². The lowest BCUT2D eigenvalue weighted by Crippen LogP contribution is -2.42. The van der Waals surface area contributed by atoms with Gasteiger partial charge in [-0.05, 0) is 40.8 Å². The molecular formula is C14H17BrFN3. The van der Waals surface area contributed by atoms with Crippen LogP contribution in [0.15, 0.2) is 16.6 Å². The Morgan fingerprint density at radius 1 is 1.53 bits per heavy atom. The zero-order valence-electron chi connectivity index (χ0n) is 10.8. The molecule has 1 aromatic carbocycles. The molecule has 1 aromatic heterocycles. The second kappa shape index (κ2) is 4.56. The number of benzene rings is 1. The van der Waals surface area contributed by atoms with Gasteiger partial charge in [0.2, 0.25) is 0 Å². The summed E-state index contributed by atoms with van der Waals surface area (Å²) in [5, 5.41) is 0. The molecule has 0 bridgehead atoms. The van der Waals surface area contributed by atoms with Crippen molar-refractivity contribution >= 4 is 27.0 Å². The van der Waals surface area contributed by atoms with E-state index in [1.54, 1.807) is 6.07 Å². The molecular weight excluding hydrogens is 309 g/mol.